The summed E-state index contributed by atoms with van der Waals surface area (Å²) in [7, 11) is 0. The zero-order valence-corrected chi connectivity index (χ0v) is 11.6. The molecule has 22 heavy (non-hydrogen) atoms. The van der Waals surface area contributed by atoms with Crippen LogP contribution in [0.5, 0.6) is 0 Å². The molecule has 1 saturated carbocycles. The van der Waals surface area contributed by atoms with Crippen molar-refractivity contribution in [3.8, 4) is 0 Å². The van der Waals surface area contributed by atoms with Gasteiger partial charge in [0.1, 0.15) is 16.6 Å². The van der Waals surface area contributed by atoms with Crippen molar-refractivity contribution >= 4 is 17.8 Å². The summed E-state index contributed by atoms with van der Waals surface area (Å²) in [4.78, 5) is 36.3. The zero-order valence-electron chi connectivity index (χ0n) is 11.6. The van der Waals surface area contributed by atoms with Crippen molar-refractivity contribution in [3.63, 3.8) is 0 Å². The summed E-state index contributed by atoms with van der Waals surface area (Å²) in [5, 5.41) is 18.6. The highest BCUT2D eigenvalue weighted by molar-refractivity contribution is 5.96. The van der Waals surface area contributed by atoms with Crippen molar-refractivity contribution in [1.82, 2.24) is 4.90 Å². The molecule has 2 aliphatic rings. The molecule has 0 unspecified atom stereocenters. The van der Waals surface area contributed by atoms with Gasteiger partial charge in [-0.3, -0.25) is 14.4 Å². The van der Waals surface area contributed by atoms with E-state index in [4.69, 9.17) is 0 Å². The predicted molar refractivity (Wildman–Crippen MR) is 71.4 cm³/mol. The van der Waals surface area contributed by atoms with Crippen molar-refractivity contribution in [2.45, 2.75) is 12.8 Å². The molecule has 1 aromatic rings. The lowest BCUT2D eigenvalue weighted by Crippen LogP contribution is -2.35. The molecule has 2 fully saturated rings. The van der Waals surface area contributed by atoms with Crippen LogP contribution < -0.4 is 0 Å². The molecule has 1 amide bonds. The lowest BCUT2D eigenvalue weighted by atomic mass is 9.97. The van der Waals surface area contributed by atoms with Crippen LogP contribution in [0, 0.1) is 16.6 Å². The molecule has 1 aliphatic heterocycles. The Morgan fingerprint density at radius 3 is 2.23 bits per heavy atom. The minimum atomic E-state index is -1.38. The number of hydrogen-bond acceptors (Lipinski definition) is 3. The van der Waals surface area contributed by atoms with Crippen molar-refractivity contribution in [3.05, 3.63) is 35.6 Å². The third kappa shape index (κ3) is 1.88. The first-order chi connectivity index (χ1) is 10.3. The average Bonchev–Trinajstić information content (AvgIpc) is 2.98. The van der Waals surface area contributed by atoms with Gasteiger partial charge in [-0.2, -0.15) is 0 Å². The van der Waals surface area contributed by atoms with Gasteiger partial charge in [0.15, 0.2) is 0 Å². The number of carbonyl (C=O) groups excluding carboxylic acids is 1. The Morgan fingerprint density at radius 1 is 1.14 bits per heavy atom. The highest BCUT2D eigenvalue weighted by Crippen LogP contribution is 2.68. The molecule has 0 aromatic heterocycles. The number of rotatable bonds is 4. The van der Waals surface area contributed by atoms with Crippen molar-refractivity contribution in [2.75, 3.05) is 13.1 Å². The number of aliphatic carboxylic acids is 2. The molecule has 3 rings (SSSR count). The molecule has 0 radical (unpaired) electrons. The van der Waals surface area contributed by atoms with Crippen molar-refractivity contribution in [1.29, 1.82) is 0 Å². The second-order valence-corrected chi connectivity index (χ2v) is 6.01. The standard InChI is InChI=1S/C15H14FNO5/c16-10-3-1-2-9(4-10)5-11(18)17-7-14(12(19)20)6-15(14,8-17)13(21)22/h1-4H,5-8H2,(H,19,20)(H,21,22)/t14-,15+. The number of carboxylic acids is 2. The lowest BCUT2D eigenvalue weighted by Gasteiger charge is -2.20. The summed E-state index contributed by atoms with van der Waals surface area (Å²) in [5.41, 5.74) is -2.29. The first kappa shape index (κ1) is 14.5. The highest BCUT2D eigenvalue weighted by atomic mass is 19.1. The number of carboxylic acid groups (broad SMARTS) is 2. The van der Waals surface area contributed by atoms with Crippen LogP contribution in [-0.2, 0) is 20.8 Å². The molecule has 0 spiro atoms. The summed E-state index contributed by atoms with van der Waals surface area (Å²) >= 11 is 0. The molecule has 0 bridgehead atoms. The van der Waals surface area contributed by atoms with E-state index in [-0.39, 0.29) is 31.8 Å². The average molecular weight is 307 g/mol. The molecule has 7 heteroatoms. The fraction of sp³-hybridized carbons (Fsp3) is 0.400. The molecule has 1 aromatic carbocycles. The number of carbonyl (C=O) groups is 3. The molecule has 1 saturated heterocycles. The first-order valence-electron chi connectivity index (χ1n) is 6.80. The normalized spacial score (nSPS) is 29.0. The fourth-order valence-electron chi connectivity index (χ4n) is 3.40. The van der Waals surface area contributed by atoms with E-state index in [0.717, 1.165) is 0 Å². The molecule has 1 heterocycles. The number of piperidine rings is 1. The van der Waals surface area contributed by atoms with E-state index in [1.807, 2.05) is 0 Å². The molecular formula is C15H14FNO5. The Balaban J connectivity index is 1.76. The monoisotopic (exact) mass is 307 g/mol. The summed E-state index contributed by atoms with van der Waals surface area (Å²) in [6.07, 6.45) is -0.0302. The van der Waals surface area contributed by atoms with Crippen LogP contribution in [0.3, 0.4) is 0 Å². The van der Waals surface area contributed by atoms with Gasteiger partial charge in [-0.05, 0) is 24.1 Å². The van der Waals surface area contributed by atoms with Crippen LogP contribution in [0.15, 0.2) is 24.3 Å². The number of nitrogens with zero attached hydrogens (tertiary/aromatic N) is 1. The van der Waals surface area contributed by atoms with Crippen LogP contribution in [0.4, 0.5) is 4.39 Å². The van der Waals surface area contributed by atoms with E-state index in [2.05, 4.69) is 0 Å². The van der Waals surface area contributed by atoms with Gasteiger partial charge < -0.3 is 15.1 Å². The summed E-state index contributed by atoms with van der Waals surface area (Å²) in [6, 6.07) is 5.57. The van der Waals surface area contributed by atoms with Gasteiger partial charge in [0.25, 0.3) is 0 Å². The van der Waals surface area contributed by atoms with Gasteiger partial charge >= 0.3 is 11.9 Å². The third-order valence-electron chi connectivity index (χ3n) is 4.73. The van der Waals surface area contributed by atoms with Gasteiger partial charge in [0.2, 0.25) is 5.91 Å². The van der Waals surface area contributed by atoms with Crippen LogP contribution >= 0.6 is 0 Å². The number of amides is 1. The molecule has 2 atom stereocenters. The van der Waals surface area contributed by atoms with Crippen molar-refractivity contribution in [2.24, 2.45) is 10.8 Å². The highest BCUT2D eigenvalue weighted by Gasteiger charge is 2.81. The second kappa shape index (κ2) is 4.53. The van der Waals surface area contributed by atoms with E-state index in [9.17, 15) is 29.0 Å². The number of fused-ring (bicyclic) bond motifs is 1. The van der Waals surface area contributed by atoms with Gasteiger partial charge in [-0.15, -0.1) is 0 Å². The minimum Gasteiger partial charge on any atom is -0.481 e. The number of likely N-dealkylation sites (tertiary alicyclic amines) is 1. The maximum Gasteiger partial charge on any atom is 0.312 e. The maximum absolute atomic E-state index is 13.1. The number of halogens is 1. The third-order valence-corrected chi connectivity index (χ3v) is 4.73. The smallest absolute Gasteiger partial charge is 0.312 e. The Morgan fingerprint density at radius 2 is 1.73 bits per heavy atom. The Kier molecular flexibility index (Phi) is 2.98. The van der Waals surface area contributed by atoms with Crippen LogP contribution in [0.25, 0.3) is 0 Å². The summed E-state index contributed by atoms with van der Waals surface area (Å²) < 4.78 is 13.1. The van der Waals surface area contributed by atoms with Crippen molar-refractivity contribution < 1.29 is 29.0 Å². The minimum absolute atomic E-state index is 0.0500. The molecular weight excluding hydrogens is 293 g/mol. The number of hydrogen-bond donors (Lipinski definition) is 2. The number of benzene rings is 1. The Labute approximate surface area is 125 Å². The molecule has 6 nitrogen and oxygen atoms in total. The largest absolute Gasteiger partial charge is 0.481 e. The van der Waals surface area contributed by atoms with E-state index >= 15 is 0 Å². The first-order valence-corrected chi connectivity index (χ1v) is 6.80. The van der Waals surface area contributed by atoms with Gasteiger partial charge in [0, 0.05) is 13.1 Å². The van der Waals surface area contributed by atoms with Gasteiger partial charge in [-0.25, -0.2) is 4.39 Å². The predicted octanol–water partition coefficient (Wildman–Crippen LogP) is 0.756. The van der Waals surface area contributed by atoms with Gasteiger partial charge in [0.05, 0.1) is 6.42 Å². The summed E-state index contributed by atoms with van der Waals surface area (Å²) in [5.74, 6) is -3.22. The molecule has 2 N–H and O–H groups in total. The van der Waals surface area contributed by atoms with Crippen LogP contribution in [-0.4, -0.2) is 46.0 Å². The van der Waals surface area contributed by atoms with Crippen LogP contribution in [0.2, 0.25) is 0 Å². The van der Waals surface area contributed by atoms with E-state index in [0.29, 0.717) is 5.56 Å². The van der Waals surface area contributed by atoms with E-state index < -0.39 is 28.6 Å². The fourth-order valence-corrected chi connectivity index (χ4v) is 3.40. The van der Waals surface area contributed by atoms with Crippen LogP contribution in [0.1, 0.15) is 12.0 Å². The second-order valence-electron chi connectivity index (χ2n) is 6.01. The zero-order chi connectivity index (χ0) is 16.1. The topological polar surface area (TPSA) is 94.9 Å². The molecule has 1 aliphatic carbocycles. The van der Waals surface area contributed by atoms with Gasteiger partial charge in [-0.1, -0.05) is 12.1 Å². The lowest BCUT2D eigenvalue weighted by molar-refractivity contribution is -0.151. The van der Waals surface area contributed by atoms with E-state index in [1.54, 1.807) is 6.07 Å². The maximum atomic E-state index is 13.1. The quantitative estimate of drug-likeness (QED) is 0.856. The Hall–Kier alpha value is -2.44. The van der Waals surface area contributed by atoms with E-state index in [1.165, 1.54) is 23.1 Å². The summed E-state index contributed by atoms with van der Waals surface area (Å²) in [6.45, 7) is -0.217. The SMILES string of the molecule is O=C(Cc1cccc(F)c1)N1C[C@@]2(C(=O)O)C[C@@]2(C(=O)O)C1. The molecule has 116 valence electrons. The Bertz CT molecular complexity index is 662.